The van der Waals surface area contributed by atoms with Crippen molar-refractivity contribution in [3.63, 3.8) is 0 Å². The lowest BCUT2D eigenvalue weighted by molar-refractivity contribution is 0.102. The largest absolute Gasteiger partial charge is 0.487 e. The van der Waals surface area contributed by atoms with Crippen molar-refractivity contribution in [3.05, 3.63) is 110 Å². The molecule has 0 aliphatic heterocycles. The number of nitrogens with zero attached hydrogens (tertiary/aromatic N) is 2. The van der Waals surface area contributed by atoms with Crippen molar-refractivity contribution in [2.75, 3.05) is 5.32 Å². The first-order valence-electron chi connectivity index (χ1n) is 10.6. The van der Waals surface area contributed by atoms with Crippen LogP contribution < -0.4 is 10.1 Å². The molecule has 0 radical (unpaired) electrons. The Morgan fingerprint density at radius 3 is 2.47 bits per heavy atom. The summed E-state index contributed by atoms with van der Waals surface area (Å²) in [7, 11) is 0. The van der Waals surface area contributed by atoms with E-state index in [0.29, 0.717) is 45.2 Å². The maximum Gasteiger partial charge on any atom is 0.255 e. The number of rotatable bonds is 7. The van der Waals surface area contributed by atoms with E-state index in [0.717, 1.165) is 22.5 Å². The van der Waals surface area contributed by atoms with Crippen LogP contribution in [0.15, 0.2) is 66.7 Å². The lowest BCUT2D eigenvalue weighted by Crippen LogP contribution is -2.14. The average Bonchev–Trinajstić information content (AvgIpc) is 3.08. The van der Waals surface area contributed by atoms with E-state index in [2.05, 4.69) is 10.4 Å². The van der Waals surface area contributed by atoms with Crippen LogP contribution in [0.2, 0.25) is 15.1 Å². The van der Waals surface area contributed by atoms with Crippen molar-refractivity contribution in [3.8, 4) is 5.75 Å². The van der Waals surface area contributed by atoms with Crippen LogP contribution in [-0.2, 0) is 13.2 Å². The second-order valence-corrected chi connectivity index (χ2v) is 9.05. The summed E-state index contributed by atoms with van der Waals surface area (Å²) >= 11 is 18.3. The van der Waals surface area contributed by atoms with E-state index in [1.165, 1.54) is 0 Å². The van der Waals surface area contributed by atoms with Crippen LogP contribution >= 0.6 is 34.8 Å². The standard InChI is InChI=1S/C26H22Cl3N3O2/c1-16-25(17(2)32(31-16)14-18-10-11-21(27)23(29)13-18)30-26(33)20-7-5-6-19(12-20)15-34-24-9-4-3-8-22(24)28/h3-13H,14-15H2,1-2H3,(H,30,33). The Kier molecular flexibility index (Phi) is 7.47. The van der Waals surface area contributed by atoms with E-state index in [1.807, 2.05) is 54.9 Å². The van der Waals surface area contributed by atoms with Gasteiger partial charge in [0.05, 0.1) is 38.7 Å². The second-order valence-electron chi connectivity index (χ2n) is 7.83. The predicted octanol–water partition coefficient (Wildman–Crippen LogP) is 7.34. The maximum atomic E-state index is 13.0. The van der Waals surface area contributed by atoms with Gasteiger partial charge >= 0.3 is 0 Å². The summed E-state index contributed by atoms with van der Waals surface area (Å²) < 4.78 is 7.63. The number of aromatic nitrogens is 2. The number of anilines is 1. The molecule has 0 saturated heterocycles. The summed E-state index contributed by atoms with van der Waals surface area (Å²) in [5.41, 5.74) is 4.60. The Labute approximate surface area is 213 Å². The Bertz CT molecular complexity index is 1350. The van der Waals surface area contributed by atoms with Crippen LogP contribution in [0.4, 0.5) is 5.69 Å². The molecule has 3 aromatic carbocycles. The number of carbonyl (C=O) groups excluding carboxylic acids is 1. The van der Waals surface area contributed by atoms with E-state index in [-0.39, 0.29) is 5.91 Å². The van der Waals surface area contributed by atoms with Crippen LogP contribution in [0.5, 0.6) is 5.75 Å². The molecule has 1 aromatic heterocycles. The van der Waals surface area contributed by atoms with Gasteiger partial charge in [-0.25, -0.2) is 0 Å². The highest BCUT2D eigenvalue weighted by Crippen LogP contribution is 2.26. The zero-order valence-corrected chi connectivity index (χ0v) is 20.9. The van der Waals surface area contributed by atoms with Crippen LogP contribution in [0, 0.1) is 13.8 Å². The van der Waals surface area contributed by atoms with Gasteiger partial charge in [-0.05, 0) is 61.4 Å². The summed E-state index contributed by atoms with van der Waals surface area (Å²) in [5.74, 6) is 0.375. The number of para-hydroxylation sites is 1. The number of carbonyl (C=O) groups is 1. The minimum Gasteiger partial charge on any atom is -0.487 e. The van der Waals surface area contributed by atoms with E-state index in [1.54, 1.807) is 30.3 Å². The number of halogens is 3. The molecule has 0 aliphatic carbocycles. The second kappa shape index (κ2) is 10.5. The van der Waals surface area contributed by atoms with Gasteiger partial charge in [0.15, 0.2) is 0 Å². The molecule has 34 heavy (non-hydrogen) atoms. The van der Waals surface area contributed by atoms with Crippen molar-refractivity contribution in [2.45, 2.75) is 27.0 Å². The molecule has 0 unspecified atom stereocenters. The number of aryl methyl sites for hydroxylation is 1. The molecule has 0 bridgehead atoms. The fraction of sp³-hybridized carbons (Fsp3) is 0.154. The Hall–Kier alpha value is -2.99. The summed E-state index contributed by atoms with van der Waals surface area (Å²) in [6.45, 7) is 4.58. The molecule has 4 rings (SSSR count). The molecule has 5 nitrogen and oxygen atoms in total. The van der Waals surface area contributed by atoms with Gasteiger partial charge in [-0.2, -0.15) is 5.10 Å². The van der Waals surface area contributed by atoms with Crippen molar-refractivity contribution in [1.29, 1.82) is 0 Å². The molecule has 4 aromatic rings. The lowest BCUT2D eigenvalue weighted by Gasteiger charge is -2.10. The third-order valence-electron chi connectivity index (χ3n) is 5.36. The maximum absolute atomic E-state index is 13.0. The minimum atomic E-state index is -0.222. The molecule has 0 atom stereocenters. The number of hydrogen-bond donors (Lipinski definition) is 1. The van der Waals surface area contributed by atoms with E-state index < -0.39 is 0 Å². The first-order chi connectivity index (χ1) is 16.3. The van der Waals surface area contributed by atoms with E-state index >= 15 is 0 Å². The van der Waals surface area contributed by atoms with Crippen LogP contribution in [0.3, 0.4) is 0 Å². The highest BCUT2D eigenvalue weighted by molar-refractivity contribution is 6.42. The van der Waals surface area contributed by atoms with Gasteiger partial charge in [0.25, 0.3) is 5.91 Å². The van der Waals surface area contributed by atoms with Crippen LogP contribution in [0.25, 0.3) is 0 Å². The highest BCUT2D eigenvalue weighted by Gasteiger charge is 2.16. The quantitative estimate of drug-likeness (QED) is 0.281. The summed E-state index contributed by atoms with van der Waals surface area (Å²) in [6, 6.07) is 20.1. The third-order valence-corrected chi connectivity index (χ3v) is 6.41. The third kappa shape index (κ3) is 5.55. The smallest absolute Gasteiger partial charge is 0.255 e. The first-order valence-corrected chi connectivity index (χ1v) is 11.7. The molecule has 0 spiro atoms. The number of hydrogen-bond acceptors (Lipinski definition) is 3. The fourth-order valence-corrected chi connectivity index (χ4v) is 4.06. The molecule has 174 valence electrons. The van der Waals surface area contributed by atoms with Gasteiger partial charge in [-0.15, -0.1) is 0 Å². The topological polar surface area (TPSA) is 56.2 Å². The summed E-state index contributed by atoms with van der Waals surface area (Å²) in [5, 5.41) is 9.13. The molecular weight excluding hydrogens is 493 g/mol. The van der Waals surface area contributed by atoms with Gasteiger partial charge in [-0.1, -0.05) is 65.1 Å². The lowest BCUT2D eigenvalue weighted by atomic mass is 10.1. The summed E-state index contributed by atoms with van der Waals surface area (Å²) in [6.07, 6.45) is 0. The van der Waals surface area contributed by atoms with Crippen LogP contribution in [0.1, 0.15) is 32.9 Å². The van der Waals surface area contributed by atoms with Gasteiger partial charge in [-0.3, -0.25) is 9.48 Å². The number of ether oxygens (including phenoxy) is 1. The van der Waals surface area contributed by atoms with E-state index in [4.69, 9.17) is 39.5 Å². The Balaban J connectivity index is 1.47. The van der Waals surface area contributed by atoms with Crippen LogP contribution in [-0.4, -0.2) is 15.7 Å². The van der Waals surface area contributed by atoms with Crippen molar-refractivity contribution in [1.82, 2.24) is 9.78 Å². The minimum absolute atomic E-state index is 0.222. The highest BCUT2D eigenvalue weighted by atomic mass is 35.5. The molecule has 1 N–H and O–H groups in total. The van der Waals surface area contributed by atoms with Crippen molar-refractivity contribution >= 4 is 46.4 Å². The number of benzene rings is 3. The molecule has 1 heterocycles. The monoisotopic (exact) mass is 513 g/mol. The predicted molar refractivity (Wildman–Crippen MR) is 137 cm³/mol. The fourth-order valence-electron chi connectivity index (χ4n) is 3.55. The average molecular weight is 515 g/mol. The molecule has 0 fully saturated rings. The Morgan fingerprint density at radius 2 is 1.71 bits per heavy atom. The number of nitrogens with one attached hydrogen (secondary N) is 1. The molecule has 1 amide bonds. The van der Waals surface area contributed by atoms with E-state index in [9.17, 15) is 4.79 Å². The molecule has 0 aliphatic rings. The number of amides is 1. The first kappa shape index (κ1) is 24.1. The molecule has 8 heteroatoms. The van der Waals surface area contributed by atoms with Crippen molar-refractivity contribution in [2.24, 2.45) is 0 Å². The normalized spacial score (nSPS) is 10.9. The van der Waals surface area contributed by atoms with Gasteiger partial charge in [0, 0.05) is 5.56 Å². The molecule has 0 saturated carbocycles. The zero-order chi connectivity index (χ0) is 24.2. The SMILES string of the molecule is Cc1nn(Cc2ccc(Cl)c(Cl)c2)c(C)c1NC(=O)c1cccc(COc2ccccc2Cl)c1. The molecular formula is C26H22Cl3N3O2. The van der Waals surface area contributed by atoms with Crippen molar-refractivity contribution < 1.29 is 9.53 Å². The van der Waals surface area contributed by atoms with Gasteiger partial charge in [0.2, 0.25) is 0 Å². The zero-order valence-electron chi connectivity index (χ0n) is 18.6. The summed E-state index contributed by atoms with van der Waals surface area (Å²) in [4.78, 5) is 13.0. The van der Waals surface area contributed by atoms with Gasteiger partial charge < -0.3 is 10.1 Å². The van der Waals surface area contributed by atoms with Gasteiger partial charge in [0.1, 0.15) is 12.4 Å². The Morgan fingerprint density at radius 1 is 0.912 bits per heavy atom.